The Morgan fingerprint density at radius 1 is 1.67 bits per heavy atom. The summed E-state index contributed by atoms with van der Waals surface area (Å²) in [5.41, 5.74) is 5.71. The number of hydrogen-bond acceptors (Lipinski definition) is 3. The molecule has 0 aromatic carbocycles. The number of nitrogens with two attached hydrogens (primary N) is 1. The number of aryl methyl sites for hydroxylation is 2. The van der Waals surface area contributed by atoms with Gasteiger partial charge in [-0.2, -0.15) is 0 Å². The number of carbonyl (C=O) groups excluding carboxylic acids is 1. The summed E-state index contributed by atoms with van der Waals surface area (Å²) in [7, 11) is 1.95. The summed E-state index contributed by atoms with van der Waals surface area (Å²) < 4.78 is 1.96. The molecule has 0 saturated heterocycles. The van der Waals surface area contributed by atoms with Crippen molar-refractivity contribution in [2.45, 2.75) is 51.0 Å². The van der Waals surface area contributed by atoms with Crippen molar-refractivity contribution in [1.82, 2.24) is 9.55 Å². The molecule has 1 aliphatic rings. The highest BCUT2D eigenvalue weighted by Crippen LogP contribution is 2.31. The fourth-order valence-electron chi connectivity index (χ4n) is 2.96. The fraction of sp³-hybridized carbons (Fsp3) is 0.714. The Bertz CT molecular complexity index is 426. The van der Waals surface area contributed by atoms with Gasteiger partial charge in [0.15, 0.2) is 5.78 Å². The molecule has 1 saturated carbocycles. The predicted molar refractivity (Wildman–Crippen MR) is 71.1 cm³/mol. The number of imidazole rings is 1. The van der Waals surface area contributed by atoms with E-state index in [1.165, 1.54) is 6.42 Å². The third kappa shape index (κ3) is 2.80. The molecule has 1 aliphatic carbocycles. The van der Waals surface area contributed by atoms with Crippen LogP contribution in [0.5, 0.6) is 0 Å². The Labute approximate surface area is 109 Å². The zero-order valence-corrected chi connectivity index (χ0v) is 11.4. The van der Waals surface area contributed by atoms with Crippen LogP contribution in [-0.2, 0) is 18.3 Å². The first kappa shape index (κ1) is 13.3. The molecule has 4 nitrogen and oxygen atoms in total. The topological polar surface area (TPSA) is 60.9 Å². The number of rotatable bonds is 4. The molecule has 0 amide bonds. The first-order chi connectivity index (χ1) is 8.51. The number of ketones is 1. The van der Waals surface area contributed by atoms with Crippen molar-refractivity contribution < 1.29 is 4.79 Å². The Kier molecular flexibility index (Phi) is 3.85. The average molecular weight is 249 g/mol. The summed E-state index contributed by atoms with van der Waals surface area (Å²) in [6.07, 6.45) is 8.83. The van der Waals surface area contributed by atoms with Crippen LogP contribution < -0.4 is 5.73 Å². The second-order valence-electron chi connectivity index (χ2n) is 5.74. The van der Waals surface area contributed by atoms with Crippen molar-refractivity contribution in [2.24, 2.45) is 18.7 Å². The van der Waals surface area contributed by atoms with Gasteiger partial charge in [-0.15, -0.1) is 0 Å². The highest BCUT2D eigenvalue weighted by atomic mass is 16.1. The molecule has 2 rings (SSSR count). The lowest BCUT2D eigenvalue weighted by molar-refractivity contribution is -0.125. The van der Waals surface area contributed by atoms with E-state index in [0.717, 1.165) is 25.1 Å². The molecule has 1 heterocycles. The maximum atomic E-state index is 12.3. The number of Topliss-reactive ketones (excluding diaryl/α,β-unsaturated/α-hetero) is 1. The van der Waals surface area contributed by atoms with Crippen LogP contribution >= 0.6 is 0 Å². The van der Waals surface area contributed by atoms with Crippen molar-refractivity contribution >= 4 is 5.78 Å². The monoisotopic (exact) mass is 249 g/mol. The second-order valence-corrected chi connectivity index (χ2v) is 5.74. The molecule has 0 spiro atoms. The summed E-state index contributed by atoms with van der Waals surface area (Å²) in [6.45, 7) is 2.19. The van der Waals surface area contributed by atoms with Crippen molar-refractivity contribution in [3.8, 4) is 0 Å². The van der Waals surface area contributed by atoms with Crippen LogP contribution in [0.2, 0.25) is 0 Å². The largest absolute Gasteiger partial charge is 0.338 e. The number of aromatic nitrogens is 2. The molecule has 0 aliphatic heterocycles. The third-order valence-corrected chi connectivity index (χ3v) is 4.08. The van der Waals surface area contributed by atoms with Crippen molar-refractivity contribution in [2.75, 3.05) is 0 Å². The van der Waals surface area contributed by atoms with Crippen molar-refractivity contribution in [1.29, 1.82) is 0 Å². The summed E-state index contributed by atoms with van der Waals surface area (Å²) in [5.74, 6) is 1.73. The van der Waals surface area contributed by atoms with Gasteiger partial charge in [0.05, 0.1) is 5.54 Å². The molecule has 100 valence electrons. The fourth-order valence-corrected chi connectivity index (χ4v) is 2.96. The minimum atomic E-state index is -0.581. The van der Waals surface area contributed by atoms with Gasteiger partial charge in [-0.3, -0.25) is 4.79 Å². The van der Waals surface area contributed by atoms with Crippen LogP contribution in [0, 0.1) is 5.92 Å². The third-order valence-electron chi connectivity index (χ3n) is 4.08. The molecule has 0 radical (unpaired) electrons. The standard InChI is InChI=1S/C14H23N3O/c1-11-4-3-7-14(15,10-11)12(18)5-6-13-16-8-9-17(13)2/h8-9,11H,3-7,10,15H2,1-2H3. The van der Waals surface area contributed by atoms with E-state index in [1.54, 1.807) is 6.20 Å². The van der Waals surface area contributed by atoms with Crippen LogP contribution in [0.15, 0.2) is 12.4 Å². The van der Waals surface area contributed by atoms with E-state index < -0.39 is 5.54 Å². The molecule has 2 unspecified atom stereocenters. The molecular weight excluding hydrogens is 226 g/mol. The van der Waals surface area contributed by atoms with Crippen LogP contribution in [0.1, 0.15) is 44.9 Å². The van der Waals surface area contributed by atoms with E-state index in [0.29, 0.717) is 18.8 Å². The normalized spacial score (nSPS) is 28.3. The van der Waals surface area contributed by atoms with Crippen molar-refractivity contribution in [3.05, 3.63) is 18.2 Å². The Hall–Kier alpha value is -1.16. The number of hydrogen-bond donors (Lipinski definition) is 1. The van der Waals surface area contributed by atoms with Gasteiger partial charge in [-0.05, 0) is 18.8 Å². The zero-order chi connectivity index (χ0) is 13.2. The lowest BCUT2D eigenvalue weighted by Gasteiger charge is -2.35. The summed E-state index contributed by atoms with van der Waals surface area (Å²) in [6, 6.07) is 0. The number of carbonyl (C=O) groups is 1. The average Bonchev–Trinajstić information content (AvgIpc) is 2.71. The smallest absolute Gasteiger partial charge is 0.153 e. The lowest BCUT2D eigenvalue weighted by Crippen LogP contribution is -2.51. The molecule has 1 fully saturated rings. The lowest BCUT2D eigenvalue weighted by atomic mass is 9.74. The van der Waals surface area contributed by atoms with E-state index >= 15 is 0 Å². The predicted octanol–water partition coefficient (Wildman–Crippen LogP) is 1.83. The SMILES string of the molecule is CC1CCCC(N)(C(=O)CCc2nccn2C)C1. The van der Waals surface area contributed by atoms with Crippen molar-refractivity contribution in [3.63, 3.8) is 0 Å². The quantitative estimate of drug-likeness (QED) is 0.885. The minimum Gasteiger partial charge on any atom is -0.338 e. The van der Waals surface area contributed by atoms with E-state index in [2.05, 4.69) is 11.9 Å². The first-order valence-electron chi connectivity index (χ1n) is 6.80. The van der Waals surface area contributed by atoms with Crippen LogP contribution in [-0.4, -0.2) is 20.9 Å². The van der Waals surface area contributed by atoms with Crippen LogP contribution in [0.25, 0.3) is 0 Å². The maximum absolute atomic E-state index is 12.3. The van der Waals surface area contributed by atoms with E-state index in [1.807, 2.05) is 17.8 Å². The molecule has 2 N–H and O–H groups in total. The second kappa shape index (κ2) is 5.22. The van der Waals surface area contributed by atoms with Gasteiger partial charge >= 0.3 is 0 Å². The van der Waals surface area contributed by atoms with Gasteiger partial charge in [0.2, 0.25) is 0 Å². The summed E-state index contributed by atoms with van der Waals surface area (Å²) in [4.78, 5) is 16.6. The number of nitrogens with zero attached hydrogens (tertiary/aromatic N) is 2. The molecule has 4 heteroatoms. The highest BCUT2D eigenvalue weighted by Gasteiger charge is 2.37. The molecular formula is C14H23N3O. The zero-order valence-electron chi connectivity index (χ0n) is 11.4. The first-order valence-corrected chi connectivity index (χ1v) is 6.80. The Morgan fingerprint density at radius 2 is 2.44 bits per heavy atom. The van der Waals surface area contributed by atoms with E-state index in [4.69, 9.17) is 5.73 Å². The highest BCUT2D eigenvalue weighted by molar-refractivity contribution is 5.88. The van der Waals surface area contributed by atoms with Gasteiger partial charge in [0.1, 0.15) is 5.82 Å². The summed E-state index contributed by atoms with van der Waals surface area (Å²) >= 11 is 0. The molecule has 1 aromatic heterocycles. The molecule has 0 bridgehead atoms. The Morgan fingerprint density at radius 3 is 3.06 bits per heavy atom. The van der Waals surface area contributed by atoms with Gasteiger partial charge in [-0.25, -0.2) is 4.98 Å². The van der Waals surface area contributed by atoms with Crippen LogP contribution in [0.4, 0.5) is 0 Å². The molecule has 1 aromatic rings. The summed E-state index contributed by atoms with van der Waals surface area (Å²) in [5, 5.41) is 0. The van der Waals surface area contributed by atoms with Crippen LogP contribution in [0.3, 0.4) is 0 Å². The molecule has 2 atom stereocenters. The van der Waals surface area contributed by atoms with Gasteiger partial charge in [-0.1, -0.05) is 19.8 Å². The van der Waals surface area contributed by atoms with Gasteiger partial charge in [0, 0.05) is 32.3 Å². The molecule has 18 heavy (non-hydrogen) atoms. The Balaban J connectivity index is 1.93. The van der Waals surface area contributed by atoms with E-state index in [9.17, 15) is 4.79 Å². The minimum absolute atomic E-state index is 0.206. The van der Waals surface area contributed by atoms with Gasteiger partial charge < -0.3 is 10.3 Å². The maximum Gasteiger partial charge on any atom is 0.153 e. The van der Waals surface area contributed by atoms with E-state index in [-0.39, 0.29) is 5.78 Å². The van der Waals surface area contributed by atoms with Gasteiger partial charge in [0.25, 0.3) is 0 Å².